The van der Waals surface area contributed by atoms with Crippen LogP contribution in [0.1, 0.15) is 19.4 Å². The Labute approximate surface area is 106 Å². The number of rotatable bonds is 3. The molecule has 0 radical (unpaired) electrons. The van der Waals surface area contributed by atoms with Gasteiger partial charge in [0, 0.05) is 28.7 Å². The molecule has 0 saturated heterocycles. The van der Waals surface area contributed by atoms with E-state index < -0.39 is 0 Å². The van der Waals surface area contributed by atoms with Crippen molar-refractivity contribution in [3.8, 4) is 6.07 Å². The lowest BCUT2D eigenvalue weighted by atomic mass is 10.1. The highest BCUT2D eigenvalue weighted by Crippen LogP contribution is 2.26. The highest BCUT2D eigenvalue weighted by atomic mass is 35.5. The summed E-state index contributed by atoms with van der Waals surface area (Å²) in [6.45, 7) is 5.33. The van der Waals surface area contributed by atoms with Crippen molar-refractivity contribution in [3.63, 3.8) is 0 Å². The van der Waals surface area contributed by atoms with Crippen molar-refractivity contribution in [1.82, 2.24) is 4.57 Å². The van der Waals surface area contributed by atoms with Gasteiger partial charge in [0.15, 0.2) is 0 Å². The average Bonchev–Trinajstić information content (AvgIpc) is 2.56. The quantitative estimate of drug-likeness (QED) is 0.804. The third-order valence-electron chi connectivity index (χ3n) is 2.76. The van der Waals surface area contributed by atoms with Crippen molar-refractivity contribution in [2.24, 2.45) is 5.92 Å². The van der Waals surface area contributed by atoms with Crippen molar-refractivity contribution in [1.29, 1.82) is 5.26 Å². The molecule has 2 aromatic rings. The van der Waals surface area contributed by atoms with Crippen LogP contribution in [-0.2, 0) is 13.0 Å². The molecule has 0 aliphatic carbocycles. The van der Waals surface area contributed by atoms with Gasteiger partial charge in [-0.1, -0.05) is 25.4 Å². The lowest BCUT2D eigenvalue weighted by molar-refractivity contribution is 0.535. The molecular weight excluding hydrogens is 232 g/mol. The van der Waals surface area contributed by atoms with Gasteiger partial charge in [-0.2, -0.15) is 5.26 Å². The number of halogens is 1. The van der Waals surface area contributed by atoms with E-state index >= 15 is 0 Å². The molecule has 0 N–H and O–H groups in total. The fourth-order valence-electron chi connectivity index (χ4n) is 2.11. The Balaban J connectivity index is 2.58. The maximum absolute atomic E-state index is 8.85. The van der Waals surface area contributed by atoms with E-state index in [1.807, 2.05) is 18.2 Å². The second-order valence-corrected chi connectivity index (χ2v) is 5.13. The van der Waals surface area contributed by atoms with Crippen molar-refractivity contribution in [3.05, 3.63) is 35.0 Å². The van der Waals surface area contributed by atoms with Gasteiger partial charge >= 0.3 is 0 Å². The van der Waals surface area contributed by atoms with E-state index in [0.29, 0.717) is 12.3 Å². The van der Waals surface area contributed by atoms with Crippen LogP contribution in [0.4, 0.5) is 0 Å². The molecule has 0 unspecified atom stereocenters. The Bertz CT molecular complexity index is 576. The Morgan fingerprint density at radius 1 is 1.41 bits per heavy atom. The molecule has 0 saturated carbocycles. The van der Waals surface area contributed by atoms with Crippen LogP contribution < -0.4 is 0 Å². The number of hydrogen-bond donors (Lipinski definition) is 0. The molecule has 0 spiro atoms. The summed E-state index contributed by atoms with van der Waals surface area (Å²) in [4.78, 5) is 0. The average molecular weight is 247 g/mol. The summed E-state index contributed by atoms with van der Waals surface area (Å²) in [5.41, 5.74) is 2.22. The lowest BCUT2D eigenvalue weighted by Gasteiger charge is -2.07. The summed E-state index contributed by atoms with van der Waals surface area (Å²) < 4.78 is 2.21. The number of nitrogens with zero attached hydrogens (tertiary/aromatic N) is 2. The smallest absolute Gasteiger partial charge is 0.0670 e. The standard InChI is InChI=1S/C14H15ClN2/c1-10(2)8-17-9-11(5-6-16)13-7-12(15)3-4-14(13)17/h3-4,7,9-10H,5,8H2,1-2H3. The summed E-state index contributed by atoms with van der Waals surface area (Å²) in [5, 5.41) is 10.7. The lowest BCUT2D eigenvalue weighted by Crippen LogP contribution is -2.02. The molecule has 0 atom stereocenters. The SMILES string of the molecule is CC(C)Cn1cc(CC#N)c2cc(Cl)ccc21. The molecule has 0 aliphatic heterocycles. The summed E-state index contributed by atoms with van der Waals surface area (Å²) in [7, 11) is 0. The van der Waals surface area contributed by atoms with E-state index in [0.717, 1.165) is 28.0 Å². The fourth-order valence-corrected chi connectivity index (χ4v) is 2.29. The van der Waals surface area contributed by atoms with Crippen LogP contribution >= 0.6 is 11.6 Å². The van der Waals surface area contributed by atoms with Gasteiger partial charge in [0.25, 0.3) is 0 Å². The van der Waals surface area contributed by atoms with E-state index in [-0.39, 0.29) is 0 Å². The minimum absolute atomic E-state index is 0.432. The van der Waals surface area contributed by atoms with E-state index in [9.17, 15) is 0 Å². The van der Waals surface area contributed by atoms with E-state index in [4.69, 9.17) is 16.9 Å². The molecule has 0 bridgehead atoms. The third-order valence-corrected chi connectivity index (χ3v) is 2.99. The Morgan fingerprint density at radius 2 is 2.18 bits per heavy atom. The second-order valence-electron chi connectivity index (χ2n) is 4.70. The van der Waals surface area contributed by atoms with Crippen LogP contribution in [0.2, 0.25) is 5.02 Å². The minimum atomic E-state index is 0.432. The zero-order valence-corrected chi connectivity index (χ0v) is 10.8. The second kappa shape index (κ2) is 4.81. The van der Waals surface area contributed by atoms with Gasteiger partial charge < -0.3 is 4.57 Å². The van der Waals surface area contributed by atoms with Gasteiger partial charge in [0.05, 0.1) is 12.5 Å². The first-order valence-electron chi connectivity index (χ1n) is 5.76. The summed E-state index contributed by atoms with van der Waals surface area (Å²) in [6, 6.07) is 8.08. The Morgan fingerprint density at radius 3 is 2.82 bits per heavy atom. The molecule has 0 amide bonds. The van der Waals surface area contributed by atoms with Gasteiger partial charge in [-0.25, -0.2) is 0 Å². The molecule has 3 heteroatoms. The van der Waals surface area contributed by atoms with Gasteiger partial charge in [0.2, 0.25) is 0 Å². The zero-order valence-electron chi connectivity index (χ0n) is 10.1. The highest BCUT2D eigenvalue weighted by molar-refractivity contribution is 6.31. The van der Waals surface area contributed by atoms with E-state index in [1.165, 1.54) is 0 Å². The Hall–Kier alpha value is -1.46. The first-order valence-corrected chi connectivity index (χ1v) is 6.14. The predicted octanol–water partition coefficient (Wildman–Crippen LogP) is 4.02. The predicted molar refractivity (Wildman–Crippen MR) is 71.1 cm³/mol. The first kappa shape index (κ1) is 12.0. The molecule has 17 heavy (non-hydrogen) atoms. The molecule has 1 aromatic carbocycles. The van der Waals surface area contributed by atoms with Crippen LogP contribution in [0.5, 0.6) is 0 Å². The Kier molecular flexibility index (Phi) is 3.40. The topological polar surface area (TPSA) is 28.7 Å². The highest BCUT2D eigenvalue weighted by Gasteiger charge is 2.09. The zero-order chi connectivity index (χ0) is 12.4. The third kappa shape index (κ3) is 2.45. The molecule has 0 fully saturated rings. The van der Waals surface area contributed by atoms with Crippen LogP contribution in [0.25, 0.3) is 10.9 Å². The number of nitriles is 1. The van der Waals surface area contributed by atoms with Gasteiger partial charge in [-0.15, -0.1) is 0 Å². The van der Waals surface area contributed by atoms with Crippen molar-refractivity contribution >= 4 is 22.5 Å². The minimum Gasteiger partial charge on any atom is -0.347 e. The fraction of sp³-hybridized carbons (Fsp3) is 0.357. The van der Waals surface area contributed by atoms with Crippen LogP contribution in [0, 0.1) is 17.2 Å². The van der Waals surface area contributed by atoms with Crippen LogP contribution in [0.15, 0.2) is 24.4 Å². The van der Waals surface area contributed by atoms with E-state index in [2.05, 4.69) is 30.7 Å². The molecular formula is C14H15ClN2. The summed E-state index contributed by atoms with van der Waals surface area (Å²) >= 11 is 6.01. The molecule has 2 rings (SSSR count). The van der Waals surface area contributed by atoms with Crippen molar-refractivity contribution in [2.45, 2.75) is 26.8 Å². The molecule has 0 aliphatic rings. The largest absolute Gasteiger partial charge is 0.347 e. The monoisotopic (exact) mass is 246 g/mol. The van der Waals surface area contributed by atoms with Gasteiger partial charge in [-0.3, -0.25) is 0 Å². The van der Waals surface area contributed by atoms with Crippen LogP contribution in [-0.4, -0.2) is 4.57 Å². The number of benzene rings is 1. The number of aromatic nitrogens is 1. The van der Waals surface area contributed by atoms with Gasteiger partial charge in [-0.05, 0) is 29.7 Å². The van der Waals surface area contributed by atoms with Crippen LogP contribution in [0.3, 0.4) is 0 Å². The first-order chi connectivity index (χ1) is 8.11. The van der Waals surface area contributed by atoms with Crippen molar-refractivity contribution in [2.75, 3.05) is 0 Å². The number of hydrogen-bond acceptors (Lipinski definition) is 1. The van der Waals surface area contributed by atoms with Crippen molar-refractivity contribution < 1.29 is 0 Å². The maximum Gasteiger partial charge on any atom is 0.0670 e. The number of fused-ring (bicyclic) bond motifs is 1. The van der Waals surface area contributed by atoms with Gasteiger partial charge in [0.1, 0.15) is 0 Å². The van der Waals surface area contributed by atoms with E-state index in [1.54, 1.807) is 0 Å². The normalized spacial score (nSPS) is 11.0. The summed E-state index contributed by atoms with van der Waals surface area (Å²) in [6.07, 6.45) is 2.51. The molecule has 1 heterocycles. The maximum atomic E-state index is 8.85. The molecule has 2 nitrogen and oxygen atoms in total. The molecule has 88 valence electrons. The molecule has 1 aromatic heterocycles. The summed E-state index contributed by atoms with van der Waals surface area (Å²) in [5.74, 6) is 0.580.